The topological polar surface area (TPSA) is 114 Å². The number of imidazole rings is 1. The molecule has 0 unspecified atom stereocenters. The summed E-state index contributed by atoms with van der Waals surface area (Å²) >= 11 is 0. The van der Waals surface area contributed by atoms with Crippen LogP contribution in [0.1, 0.15) is 11.1 Å². The molecule has 2 N–H and O–H groups in total. The number of sulfonamides is 1. The molecule has 0 atom stereocenters. The molecule has 0 saturated carbocycles. The summed E-state index contributed by atoms with van der Waals surface area (Å²) in [5.41, 5.74) is 4.45. The number of aryl methyl sites for hydroxylation is 2. The number of benzene rings is 2. The Morgan fingerprint density at radius 3 is 2.58 bits per heavy atom. The lowest BCUT2D eigenvalue weighted by Gasteiger charge is -2.10. The first-order valence-electron chi connectivity index (χ1n) is 11.2. The van der Waals surface area contributed by atoms with Crippen molar-refractivity contribution in [3.05, 3.63) is 84.1 Å². The number of fused-ring (bicyclic) bond motifs is 1. The van der Waals surface area contributed by atoms with E-state index in [9.17, 15) is 12.8 Å². The maximum Gasteiger partial charge on any atom is 0.306 e. The number of rotatable bonds is 8. The Kier molecular flexibility index (Phi) is 6.25. The zero-order valence-electron chi connectivity index (χ0n) is 19.6. The third kappa shape index (κ3) is 4.70. The maximum atomic E-state index is 13.5. The molecule has 0 aliphatic rings. The molecule has 0 radical (unpaired) electrons. The molecule has 0 bridgehead atoms. The molecule has 5 aromatic rings. The molecule has 3 heterocycles. The van der Waals surface area contributed by atoms with Gasteiger partial charge in [0.05, 0.1) is 10.6 Å². The standard InChI is InChI=1S/C25H23FN6O3S/c1-16-3-8-20(15-17(16)2)36(33,34)29-12-11-28-24-27-10-9-21(30-24)23-22(18-4-6-19(26)7-5-18)31-25-32(23)13-14-35-25/h3-10,13-15,29H,11-12H2,1-2H3,(H,27,28,30). The van der Waals surface area contributed by atoms with E-state index in [1.165, 1.54) is 18.4 Å². The molecular formula is C25H23FN6O3S. The van der Waals surface area contributed by atoms with Crippen LogP contribution in [0.2, 0.25) is 0 Å². The van der Waals surface area contributed by atoms with Crippen LogP contribution >= 0.6 is 0 Å². The van der Waals surface area contributed by atoms with E-state index >= 15 is 0 Å². The van der Waals surface area contributed by atoms with Crippen LogP contribution in [0, 0.1) is 19.7 Å². The van der Waals surface area contributed by atoms with E-state index in [1.54, 1.807) is 53.2 Å². The van der Waals surface area contributed by atoms with E-state index in [-0.39, 0.29) is 23.8 Å². The molecule has 184 valence electrons. The van der Waals surface area contributed by atoms with Crippen molar-refractivity contribution in [1.82, 2.24) is 24.1 Å². The Labute approximate surface area is 207 Å². The van der Waals surface area contributed by atoms with E-state index in [4.69, 9.17) is 4.42 Å². The minimum Gasteiger partial charge on any atom is -0.432 e. The fraction of sp³-hybridized carbons (Fsp3) is 0.160. The van der Waals surface area contributed by atoms with E-state index in [0.29, 0.717) is 34.4 Å². The van der Waals surface area contributed by atoms with Crippen molar-refractivity contribution in [2.24, 2.45) is 0 Å². The minimum absolute atomic E-state index is 0.141. The fourth-order valence-electron chi connectivity index (χ4n) is 3.74. The summed E-state index contributed by atoms with van der Waals surface area (Å²) in [6, 6.07) is 12.8. The number of nitrogens with zero attached hydrogens (tertiary/aromatic N) is 4. The van der Waals surface area contributed by atoms with Crippen molar-refractivity contribution in [3.63, 3.8) is 0 Å². The third-order valence-electron chi connectivity index (χ3n) is 5.77. The molecule has 36 heavy (non-hydrogen) atoms. The van der Waals surface area contributed by atoms with Crippen molar-refractivity contribution >= 4 is 21.8 Å². The van der Waals surface area contributed by atoms with Crippen molar-refractivity contribution < 1.29 is 17.2 Å². The van der Waals surface area contributed by atoms with Gasteiger partial charge in [-0.1, -0.05) is 6.07 Å². The predicted molar refractivity (Wildman–Crippen MR) is 133 cm³/mol. The van der Waals surface area contributed by atoms with Crippen LogP contribution in [0.5, 0.6) is 0 Å². The monoisotopic (exact) mass is 506 g/mol. The molecule has 9 nitrogen and oxygen atoms in total. The van der Waals surface area contributed by atoms with E-state index in [0.717, 1.165) is 11.1 Å². The van der Waals surface area contributed by atoms with Crippen molar-refractivity contribution in [2.45, 2.75) is 18.7 Å². The van der Waals surface area contributed by atoms with Crippen LogP contribution in [0.15, 0.2) is 76.5 Å². The lowest BCUT2D eigenvalue weighted by Crippen LogP contribution is -2.29. The lowest BCUT2D eigenvalue weighted by atomic mass is 10.1. The van der Waals surface area contributed by atoms with Gasteiger partial charge in [0.15, 0.2) is 0 Å². The van der Waals surface area contributed by atoms with Crippen LogP contribution in [0.3, 0.4) is 0 Å². The van der Waals surface area contributed by atoms with Gasteiger partial charge in [0.2, 0.25) is 16.0 Å². The van der Waals surface area contributed by atoms with Gasteiger partial charge in [0, 0.05) is 31.0 Å². The second-order valence-corrected chi connectivity index (χ2v) is 9.97. The average molecular weight is 507 g/mol. The second-order valence-electron chi connectivity index (χ2n) is 8.21. The Balaban J connectivity index is 1.33. The number of oxazole rings is 1. The SMILES string of the molecule is Cc1ccc(S(=O)(=O)NCCNc2nccc(-c3c(-c4ccc(F)cc4)nc4occn34)n2)cc1C. The summed E-state index contributed by atoms with van der Waals surface area (Å²) in [5, 5.41) is 3.05. The van der Waals surface area contributed by atoms with Gasteiger partial charge in [0.1, 0.15) is 23.5 Å². The molecule has 5 rings (SSSR count). The number of anilines is 1. The Morgan fingerprint density at radius 2 is 1.81 bits per heavy atom. The van der Waals surface area contributed by atoms with E-state index < -0.39 is 10.0 Å². The van der Waals surface area contributed by atoms with E-state index in [2.05, 4.69) is 25.0 Å². The van der Waals surface area contributed by atoms with Gasteiger partial charge < -0.3 is 9.73 Å². The van der Waals surface area contributed by atoms with Gasteiger partial charge in [-0.05, 0) is 67.4 Å². The van der Waals surface area contributed by atoms with Gasteiger partial charge in [-0.25, -0.2) is 27.5 Å². The molecule has 0 saturated heterocycles. The number of hydrogen-bond acceptors (Lipinski definition) is 7. The summed E-state index contributed by atoms with van der Waals surface area (Å²) in [5.74, 6) is 0.351. The van der Waals surface area contributed by atoms with Crippen LogP contribution < -0.4 is 10.0 Å². The summed E-state index contributed by atoms with van der Waals surface area (Å²) in [6.45, 7) is 4.22. The first-order valence-corrected chi connectivity index (χ1v) is 12.7. The molecule has 0 aliphatic carbocycles. The first-order chi connectivity index (χ1) is 17.3. The maximum absolute atomic E-state index is 13.5. The molecule has 11 heteroatoms. The van der Waals surface area contributed by atoms with Crippen LogP contribution in [0.4, 0.5) is 10.3 Å². The summed E-state index contributed by atoms with van der Waals surface area (Å²) in [6.07, 6.45) is 4.83. The highest BCUT2D eigenvalue weighted by molar-refractivity contribution is 7.89. The van der Waals surface area contributed by atoms with Crippen LogP contribution in [-0.2, 0) is 10.0 Å². The Morgan fingerprint density at radius 1 is 1.00 bits per heavy atom. The Hall–Kier alpha value is -4.09. The summed E-state index contributed by atoms with van der Waals surface area (Å²) < 4.78 is 48.4. The van der Waals surface area contributed by atoms with Crippen molar-refractivity contribution in [2.75, 3.05) is 18.4 Å². The van der Waals surface area contributed by atoms with Gasteiger partial charge >= 0.3 is 5.84 Å². The molecule has 0 fully saturated rings. The highest BCUT2D eigenvalue weighted by Crippen LogP contribution is 2.32. The fourth-order valence-corrected chi connectivity index (χ4v) is 4.86. The number of aromatic nitrogens is 4. The van der Waals surface area contributed by atoms with Crippen molar-refractivity contribution in [1.29, 1.82) is 0 Å². The third-order valence-corrected chi connectivity index (χ3v) is 7.23. The van der Waals surface area contributed by atoms with Crippen LogP contribution in [-0.4, -0.2) is 40.9 Å². The number of nitrogens with one attached hydrogen (secondary N) is 2. The smallest absolute Gasteiger partial charge is 0.306 e. The largest absolute Gasteiger partial charge is 0.432 e. The highest BCUT2D eigenvalue weighted by atomic mass is 32.2. The quantitative estimate of drug-likeness (QED) is 0.303. The zero-order chi connectivity index (χ0) is 25.3. The van der Waals surface area contributed by atoms with Gasteiger partial charge in [-0.15, -0.1) is 0 Å². The molecular weight excluding hydrogens is 483 g/mol. The van der Waals surface area contributed by atoms with E-state index in [1.807, 2.05) is 13.8 Å². The molecule has 3 aromatic heterocycles. The average Bonchev–Trinajstić information content (AvgIpc) is 3.46. The van der Waals surface area contributed by atoms with Crippen LogP contribution in [0.25, 0.3) is 28.5 Å². The van der Waals surface area contributed by atoms with Gasteiger partial charge in [0.25, 0.3) is 0 Å². The molecule has 2 aromatic carbocycles. The lowest BCUT2D eigenvalue weighted by molar-refractivity contribution is 0.582. The highest BCUT2D eigenvalue weighted by Gasteiger charge is 2.19. The molecule has 0 spiro atoms. The predicted octanol–water partition coefficient (Wildman–Crippen LogP) is 4.20. The zero-order valence-corrected chi connectivity index (χ0v) is 20.4. The molecule has 0 aliphatic heterocycles. The second kappa shape index (κ2) is 9.51. The summed E-state index contributed by atoms with van der Waals surface area (Å²) in [7, 11) is -3.63. The normalized spacial score (nSPS) is 11.8. The number of halogens is 1. The Bertz CT molecular complexity index is 1640. The van der Waals surface area contributed by atoms with Gasteiger partial charge in [-0.2, -0.15) is 4.98 Å². The minimum atomic E-state index is -3.63. The van der Waals surface area contributed by atoms with Crippen molar-refractivity contribution in [3.8, 4) is 22.6 Å². The van der Waals surface area contributed by atoms with Gasteiger partial charge in [-0.3, -0.25) is 4.40 Å². The molecule has 0 amide bonds. The number of hydrogen-bond donors (Lipinski definition) is 2. The summed E-state index contributed by atoms with van der Waals surface area (Å²) in [4.78, 5) is 13.6. The first kappa shape index (κ1) is 23.6.